The Morgan fingerprint density at radius 2 is 1.26 bits per heavy atom. The number of carbonyl (C=O) groups excluding carboxylic acids is 1. The van der Waals surface area contributed by atoms with Gasteiger partial charge in [-0.25, -0.2) is 0 Å². The highest BCUT2D eigenvalue weighted by Crippen LogP contribution is 2.29. The van der Waals surface area contributed by atoms with Crippen molar-refractivity contribution in [1.29, 1.82) is 0 Å². The minimum atomic E-state index is -1.40. The third-order valence-electron chi connectivity index (χ3n) is 11.2. The fourth-order valence-electron chi connectivity index (χ4n) is 7.68. The van der Waals surface area contributed by atoms with E-state index in [1.807, 2.05) is 6.92 Å². The zero-order valence-electron chi connectivity index (χ0n) is 34.3. The first-order valence-corrected chi connectivity index (χ1v) is 22.2. The van der Waals surface area contributed by atoms with Crippen molar-refractivity contribution in [3.63, 3.8) is 0 Å². The van der Waals surface area contributed by atoms with Crippen molar-refractivity contribution in [3.8, 4) is 0 Å². The minimum Gasteiger partial charge on any atom is -0.390 e. The van der Waals surface area contributed by atoms with Gasteiger partial charge in [-0.15, -0.1) is 0 Å². The number of nitrogens with one attached hydrogen (secondary N) is 1. The lowest BCUT2D eigenvalue weighted by atomic mass is 9.81. The van der Waals surface area contributed by atoms with Crippen LogP contribution in [0.25, 0.3) is 0 Å². The van der Waals surface area contributed by atoms with Gasteiger partial charge in [0.05, 0.1) is 37.6 Å². The van der Waals surface area contributed by atoms with Crippen LogP contribution < -0.4 is 5.32 Å². The molecule has 1 saturated carbocycles. The maximum absolute atomic E-state index is 13.1. The van der Waals surface area contributed by atoms with Gasteiger partial charge in [-0.3, -0.25) is 4.79 Å². The molecule has 54 heavy (non-hydrogen) atoms. The van der Waals surface area contributed by atoms with Crippen molar-refractivity contribution in [2.75, 3.05) is 19.8 Å². The van der Waals surface area contributed by atoms with Crippen molar-refractivity contribution in [2.45, 2.75) is 217 Å². The number of aliphatic hydroxyl groups excluding tert-OH is 5. The zero-order chi connectivity index (χ0) is 39.2. The Balaban J connectivity index is 1.77. The highest BCUT2D eigenvalue weighted by atomic mass is 16.5. The number of rotatable bonds is 34. The van der Waals surface area contributed by atoms with Gasteiger partial charge < -0.3 is 40.3 Å². The molecule has 0 bridgehead atoms. The van der Waals surface area contributed by atoms with Crippen LogP contribution in [0.5, 0.6) is 0 Å². The van der Waals surface area contributed by atoms with E-state index in [1.54, 1.807) is 0 Å². The monoisotopic (exact) mass is 764 g/mol. The zero-order valence-corrected chi connectivity index (χ0v) is 34.3. The fourth-order valence-corrected chi connectivity index (χ4v) is 7.68. The summed E-state index contributed by atoms with van der Waals surface area (Å²) in [6, 6.07) is 9.74. The van der Waals surface area contributed by atoms with Crippen molar-refractivity contribution < 1.29 is 39.8 Å². The number of amides is 1. The van der Waals surface area contributed by atoms with Crippen molar-refractivity contribution in [2.24, 2.45) is 5.92 Å². The molecule has 0 heterocycles. The average molecular weight is 764 g/mol. The van der Waals surface area contributed by atoms with Crippen LogP contribution in [-0.2, 0) is 20.7 Å². The molecule has 1 aromatic carbocycles. The molecule has 0 saturated heterocycles. The molecule has 1 aliphatic carbocycles. The van der Waals surface area contributed by atoms with Gasteiger partial charge in [0.2, 0.25) is 5.91 Å². The molecule has 8 atom stereocenters. The van der Waals surface area contributed by atoms with Gasteiger partial charge in [-0.1, -0.05) is 160 Å². The van der Waals surface area contributed by atoms with Crippen LogP contribution in [0.1, 0.15) is 174 Å². The maximum Gasteiger partial charge on any atom is 0.220 e. The molecule has 1 fully saturated rings. The molecule has 0 unspecified atom stereocenters. The third-order valence-corrected chi connectivity index (χ3v) is 11.2. The number of ether oxygens (including phenoxy) is 2. The summed E-state index contributed by atoms with van der Waals surface area (Å²) in [6.07, 6.45) is 19.3. The Hall–Kier alpha value is -1.59. The van der Waals surface area contributed by atoms with Crippen LogP contribution in [-0.4, -0.2) is 93.9 Å². The first kappa shape index (κ1) is 48.6. The van der Waals surface area contributed by atoms with E-state index in [0.717, 1.165) is 57.8 Å². The number of carbonyl (C=O) groups is 1. The lowest BCUT2D eigenvalue weighted by Crippen LogP contribution is -2.57. The summed E-state index contributed by atoms with van der Waals surface area (Å²) in [7, 11) is 0. The molecule has 1 aliphatic rings. The number of hydrogen-bond acceptors (Lipinski definition) is 8. The Morgan fingerprint density at radius 3 is 1.85 bits per heavy atom. The summed E-state index contributed by atoms with van der Waals surface area (Å²) >= 11 is 0. The second kappa shape index (κ2) is 31.5. The normalized spacial score (nSPS) is 21.9. The van der Waals surface area contributed by atoms with Gasteiger partial charge >= 0.3 is 0 Å². The summed E-state index contributed by atoms with van der Waals surface area (Å²) in [5.41, 5.74) is 1.40. The predicted octanol–water partition coefficient (Wildman–Crippen LogP) is 7.95. The fraction of sp³-hybridized carbons (Fsp3) is 0.844. The van der Waals surface area contributed by atoms with E-state index in [0.29, 0.717) is 19.4 Å². The number of aliphatic hydroxyl groups is 5. The first-order chi connectivity index (χ1) is 26.3. The van der Waals surface area contributed by atoms with E-state index in [-0.39, 0.29) is 25.5 Å². The van der Waals surface area contributed by atoms with E-state index in [2.05, 4.69) is 42.6 Å². The first-order valence-electron chi connectivity index (χ1n) is 22.2. The Labute approximate surface area is 329 Å². The van der Waals surface area contributed by atoms with E-state index >= 15 is 0 Å². The van der Waals surface area contributed by atoms with Crippen molar-refractivity contribution in [3.05, 3.63) is 35.9 Å². The van der Waals surface area contributed by atoms with Gasteiger partial charge in [0.15, 0.2) is 0 Å². The maximum atomic E-state index is 13.1. The van der Waals surface area contributed by atoms with Crippen LogP contribution in [0, 0.1) is 5.92 Å². The number of unbranched alkanes of at least 4 members (excludes halogenated alkanes) is 18. The molecule has 314 valence electrons. The van der Waals surface area contributed by atoms with Gasteiger partial charge in [0.25, 0.3) is 0 Å². The standard InChI is InChI=1S/C45H81NO8/c1-3-5-6-7-8-9-10-11-12-16-19-25-30-39(47)43(50)38(35-54-40-33-37(34-53-32-4-2)42(49)45(52)44(40)51)46-41(48)31-26-20-17-14-13-15-18-22-27-36-28-23-21-24-29-36/h21,23-24,28-29,37-40,42-45,47,49-52H,3-20,22,25-27,30-35H2,1-2H3,(H,46,48)/t37-,38+,39-,40+,42+,43+,44+,45+/m1/s1. The number of benzene rings is 1. The lowest BCUT2D eigenvalue weighted by molar-refractivity contribution is -0.185. The van der Waals surface area contributed by atoms with Crippen LogP contribution in [0.4, 0.5) is 0 Å². The lowest BCUT2D eigenvalue weighted by Gasteiger charge is -2.41. The molecule has 1 aromatic rings. The summed E-state index contributed by atoms with van der Waals surface area (Å²) in [4.78, 5) is 13.1. The highest BCUT2D eigenvalue weighted by Gasteiger charge is 2.44. The quantitative estimate of drug-likeness (QED) is 0.0388. The molecule has 1 amide bonds. The molecule has 2 rings (SSSR count). The van der Waals surface area contributed by atoms with E-state index in [1.165, 1.54) is 89.0 Å². The van der Waals surface area contributed by atoms with E-state index < -0.39 is 48.6 Å². The van der Waals surface area contributed by atoms with Crippen molar-refractivity contribution >= 4 is 5.91 Å². The Kier molecular flexibility index (Phi) is 28.3. The summed E-state index contributed by atoms with van der Waals surface area (Å²) in [5, 5.41) is 57.0. The topological polar surface area (TPSA) is 149 Å². The molecule has 9 heteroatoms. The Bertz CT molecular complexity index is 1010. The van der Waals surface area contributed by atoms with Gasteiger partial charge in [-0.2, -0.15) is 0 Å². The van der Waals surface area contributed by atoms with E-state index in [4.69, 9.17) is 9.47 Å². The number of aryl methyl sites for hydroxylation is 1. The molecular weight excluding hydrogens is 682 g/mol. The summed E-state index contributed by atoms with van der Waals surface area (Å²) in [5.74, 6) is -0.629. The predicted molar refractivity (Wildman–Crippen MR) is 218 cm³/mol. The van der Waals surface area contributed by atoms with Gasteiger partial charge in [0.1, 0.15) is 18.3 Å². The van der Waals surface area contributed by atoms with Crippen LogP contribution in [0.15, 0.2) is 30.3 Å². The summed E-state index contributed by atoms with van der Waals surface area (Å²) < 4.78 is 11.7. The van der Waals surface area contributed by atoms with Crippen LogP contribution in [0.2, 0.25) is 0 Å². The van der Waals surface area contributed by atoms with E-state index in [9.17, 15) is 30.3 Å². The largest absolute Gasteiger partial charge is 0.390 e. The molecular formula is C45H81NO8. The van der Waals surface area contributed by atoms with Crippen LogP contribution >= 0.6 is 0 Å². The SMILES string of the molecule is CCCCCCCCCCCCCC[C@@H](O)[C@@H](O)[C@H](CO[C@H]1C[C@H](COCCC)[C@H](O)[C@H](O)[C@H]1O)NC(=O)CCCCCCCCCCc1ccccc1. The highest BCUT2D eigenvalue weighted by molar-refractivity contribution is 5.76. The molecule has 0 aromatic heterocycles. The Morgan fingerprint density at radius 1 is 0.704 bits per heavy atom. The smallest absolute Gasteiger partial charge is 0.220 e. The van der Waals surface area contributed by atoms with Crippen LogP contribution in [0.3, 0.4) is 0 Å². The van der Waals surface area contributed by atoms with Gasteiger partial charge in [-0.05, 0) is 44.1 Å². The average Bonchev–Trinajstić information content (AvgIpc) is 3.18. The third kappa shape index (κ3) is 21.6. The number of hydrogen-bond donors (Lipinski definition) is 6. The molecule has 0 radical (unpaired) electrons. The second-order valence-electron chi connectivity index (χ2n) is 16.1. The van der Waals surface area contributed by atoms with Crippen molar-refractivity contribution in [1.82, 2.24) is 5.32 Å². The molecule has 0 spiro atoms. The second-order valence-corrected chi connectivity index (χ2v) is 16.1. The molecule has 6 N–H and O–H groups in total. The molecule has 0 aliphatic heterocycles. The summed E-state index contributed by atoms with van der Waals surface area (Å²) in [6.45, 7) is 4.85. The van der Waals surface area contributed by atoms with Gasteiger partial charge in [0, 0.05) is 18.9 Å². The minimum absolute atomic E-state index is 0.139. The molecule has 9 nitrogen and oxygen atoms in total.